The van der Waals surface area contributed by atoms with E-state index in [9.17, 15) is 23.7 Å². The fourth-order valence-electron chi connectivity index (χ4n) is 2.20. The highest BCUT2D eigenvalue weighted by Crippen LogP contribution is 2.23. The molecule has 0 radical (unpaired) electrons. The van der Waals surface area contributed by atoms with Gasteiger partial charge in [-0.1, -0.05) is 6.07 Å². The van der Waals surface area contributed by atoms with Gasteiger partial charge in [0, 0.05) is 41.3 Å². The predicted octanol–water partition coefficient (Wildman–Crippen LogP) is 4.17. The summed E-state index contributed by atoms with van der Waals surface area (Å²) in [7, 11) is 0. The van der Waals surface area contributed by atoms with Crippen LogP contribution in [0, 0.1) is 21.7 Å². The molecular weight excluding hydrogens is 364 g/mol. The second kappa shape index (κ2) is 7.36. The van der Waals surface area contributed by atoms with E-state index < -0.39 is 22.5 Å². The summed E-state index contributed by atoms with van der Waals surface area (Å²) in [5.74, 6) is -1.75. The van der Waals surface area contributed by atoms with E-state index in [4.69, 9.17) is 0 Å². The van der Waals surface area contributed by atoms with Crippen LogP contribution in [0.3, 0.4) is 0 Å². The van der Waals surface area contributed by atoms with Crippen LogP contribution < -0.4 is 5.32 Å². The van der Waals surface area contributed by atoms with Crippen molar-refractivity contribution in [2.75, 3.05) is 5.32 Å². The van der Waals surface area contributed by atoms with Gasteiger partial charge >= 0.3 is 0 Å². The number of benzene rings is 2. The summed E-state index contributed by atoms with van der Waals surface area (Å²) < 4.78 is 26.6. The average Bonchev–Trinajstić information content (AvgIpc) is 3.04. The monoisotopic (exact) mass is 375 g/mol. The molecule has 0 spiro atoms. The Hall–Kier alpha value is -3.20. The van der Waals surface area contributed by atoms with Crippen molar-refractivity contribution in [2.45, 2.75) is 6.42 Å². The van der Waals surface area contributed by atoms with E-state index in [2.05, 4.69) is 10.3 Å². The van der Waals surface area contributed by atoms with Crippen molar-refractivity contribution in [2.24, 2.45) is 0 Å². The quantitative estimate of drug-likeness (QED) is 0.536. The number of nitro benzene ring substituents is 1. The van der Waals surface area contributed by atoms with Crippen LogP contribution in [0.4, 0.5) is 19.6 Å². The Morgan fingerprint density at radius 1 is 1.19 bits per heavy atom. The Kier molecular flexibility index (Phi) is 4.99. The minimum atomic E-state index is -0.647. The van der Waals surface area contributed by atoms with E-state index in [1.54, 1.807) is 0 Å². The number of anilines is 1. The van der Waals surface area contributed by atoms with Gasteiger partial charge in [-0.3, -0.25) is 20.2 Å². The average molecular weight is 375 g/mol. The van der Waals surface area contributed by atoms with Crippen LogP contribution in [0.25, 0.3) is 0 Å². The van der Waals surface area contributed by atoms with Crippen molar-refractivity contribution >= 4 is 28.1 Å². The van der Waals surface area contributed by atoms with Gasteiger partial charge in [0.1, 0.15) is 11.6 Å². The number of nitro groups is 1. The second-order valence-electron chi connectivity index (χ2n) is 5.30. The highest BCUT2D eigenvalue weighted by atomic mass is 32.1. The molecule has 0 atom stereocenters. The second-order valence-corrected chi connectivity index (χ2v) is 6.42. The molecule has 1 heterocycles. The standard InChI is InChI=1S/C17H11F2N3O3S/c18-12-4-1-11(15(19)8-12)7-14-9-20-17(26-14)21-16(23)10-2-5-13(6-3-10)22(24)25/h1-6,8-9H,7H2,(H,20,21,23). The zero-order valence-corrected chi connectivity index (χ0v) is 13.9. The number of nitrogens with one attached hydrogen (secondary N) is 1. The number of rotatable bonds is 5. The fraction of sp³-hybridized carbons (Fsp3) is 0.0588. The molecule has 132 valence electrons. The summed E-state index contributed by atoms with van der Waals surface area (Å²) in [6.07, 6.45) is 1.72. The number of halogens is 2. The number of aromatic nitrogens is 1. The number of nitrogens with zero attached hydrogens (tertiary/aromatic N) is 2. The van der Waals surface area contributed by atoms with Gasteiger partial charge in [0.05, 0.1) is 4.92 Å². The maximum absolute atomic E-state index is 13.7. The molecule has 3 aromatic rings. The highest BCUT2D eigenvalue weighted by molar-refractivity contribution is 7.15. The lowest BCUT2D eigenvalue weighted by molar-refractivity contribution is -0.384. The maximum atomic E-state index is 13.7. The third kappa shape index (κ3) is 4.06. The molecule has 1 aromatic heterocycles. The molecule has 6 nitrogen and oxygen atoms in total. The number of carbonyl (C=O) groups excluding carboxylic acids is 1. The van der Waals surface area contributed by atoms with Crippen LogP contribution in [-0.2, 0) is 6.42 Å². The van der Waals surface area contributed by atoms with Gasteiger partial charge in [0.25, 0.3) is 11.6 Å². The van der Waals surface area contributed by atoms with Crippen molar-refractivity contribution in [1.29, 1.82) is 0 Å². The summed E-state index contributed by atoms with van der Waals surface area (Å²) in [6, 6.07) is 8.51. The summed E-state index contributed by atoms with van der Waals surface area (Å²) in [6.45, 7) is 0. The summed E-state index contributed by atoms with van der Waals surface area (Å²) in [4.78, 5) is 26.9. The van der Waals surface area contributed by atoms with E-state index in [0.717, 1.165) is 17.4 Å². The highest BCUT2D eigenvalue weighted by Gasteiger charge is 2.13. The van der Waals surface area contributed by atoms with Crippen LogP contribution in [0.5, 0.6) is 0 Å². The van der Waals surface area contributed by atoms with E-state index >= 15 is 0 Å². The van der Waals surface area contributed by atoms with Gasteiger partial charge < -0.3 is 0 Å². The fourth-order valence-corrected chi connectivity index (χ4v) is 3.03. The number of amides is 1. The first-order valence-electron chi connectivity index (χ1n) is 7.37. The number of hydrogen-bond acceptors (Lipinski definition) is 5. The molecule has 2 aromatic carbocycles. The van der Waals surface area contributed by atoms with Gasteiger partial charge in [-0.2, -0.15) is 0 Å². The van der Waals surface area contributed by atoms with E-state index in [-0.39, 0.29) is 17.7 Å². The first-order valence-corrected chi connectivity index (χ1v) is 8.18. The van der Waals surface area contributed by atoms with Crippen LogP contribution in [0.2, 0.25) is 0 Å². The van der Waals surface area contributed by atoms with Gasteiger partial charge in [-0.15, -0.1) is 11.3 Å². The van der Waals surface area contributed by atoms with Crippen LogP contribution >= 0.6 is 11.3 Å². The lowest BCUT2D eigenvalue weighted by Crippen LogP contribution is -2.11. The molecule has 1 amide bonds. The Labute approximate surface area is 150 Å². The third-order valence-corrected chi connectivity index (χ3v) is 4.41. The minimum Gasteiger partial charge on any atom is -0.298 e. The molecule has 3 rings (SSSR count). The summed E-state index contributed by atoms with van der Waals surface area (Å²) in [5.41, 5.74) is 0.458. The zero-order chi connectivity index (χ0) is 18.7. The number of thiazole rings is 1. The molecule has 0 unspecified atom stereocenters. The lowest BCUT2D eigenvalue weighted by Gasteiger charge is -2.02. The van der Waals surface area contributed by atoms with Gasteiger partial charge in [-0.25, -0.2) is 13.8 Å². The Balaban J connectivity index is 1.67. The first kappa shape index (κ1) is 17.6. The molecule has 0 saturated carbocycles. The lowest BCUT2D eigenvalue weighted by atomic mass is 10.1. The molecule has 0 aliphatic carbocycles. The van der Waals surface area contributed by atoms with Gasteiger partial charge in [0.2, 0.25) is 0 Å². The molecular formula is C17H11F2N3O3S. The molecule has 26 heavy (non-hydrogen) atoms. The first-order chi connectivity index (χ1) is 12.4. The smallest absolute Gasteiger partial charge is 0.269 e. The molecule has 0 fully saturated rings. The zero-order valence-electron chi connectivity index (χ0n) is 13.1. The Morgan fingerprint density at radius 3 is 2.58 bits per heavy atom. The Bertz CT molecular complexity index is 974. The predicted molar refractivity (Wildman–Crippen MR) is 92.3 cm³/mol. The maximum Gasteiger partial charge on any atom is 0.269 e. The van der Waals surface area contributed by atoms with Crippen molar-refractivity contribution in [3.63, 3.8) is 0 Å². The van der Waals surface area contributed by atoms with Gasteiger partial charge in [0.15, 0.2) is 5.13 Å². The van der Waals surface area contributed by atoms with Crippen molar-refractivity contribution in [3.05, 3.63) is 86.4 Å². The van der Waals surface area contributed by atoms with E-state index in [1.165, 1.54) is 42.6 Å². The van der Waals surface area contributed by atoms with E-state index in [0.29, 0.717) is 15.6 Å². The summed E-state index contributed by atoms with van der Waals surface area (Å²) >= 11 is 1.16. The Morgan fingerprint density at radius 2 is 1.92 bits per heavy atom. The van der Waals surface area contributed by atoms with Crippen LogP contribution in [-0.4, -0.2) is 15.8 Å². The molecule has 0 saturated heterocycles. The van der Waals surface area contributed by atoms with Crippen molar-refractivity contribution in [1.82, 2.24) is 4.98 Å². The van der Waals surface area contributed by atoms with E-state index in [1.807, 2.05) is 0 Å². The number of carbonyl (C=O) groups is 1. The van der Waals surface area contributed by atoms with Crippen molar-refractivity contribution in [3.8, 4) is 0 Å². The summed E-state index contributed by atoms with van der Waals surface area (Å²) in [5, 5.41) is 13.5. The largest absolute Gasteiger partial charge is 0.298 e. The normalized spacial score (nSPS) is 10.5. The SMILES string of the molecule is O=C(Nc1ncc(Cc2ccc(F)cc2F)s1)c1ccc([N+](=O)[O-])cc1. The third-order valence-electron chi connectivity index (χ3n) is 3.49. The topological polar surface area (TPSA) is 85.1 Å². The molecule has 0 bridgehead atoms. The van der Waals surface area contributed by atoms with Crippen molar-refractivity contribution < 1.29 is 18.5 Å². The minimum absolute atomic E-state index is 0.112. The van der Waals surface area contributed by atoms with Crippen LogP contribution in [0.1, 0.15) is 20.8 Å². The van der Waals surface area contributed by atoms with Gasteiger partial charge in [-0.05, 0) is 23.8 Å². The molecule has 0 aliphatic heterocycles. The molecule has 9 heteroatoms. The molecule has 0 aliphatic rings. The number of hydrogen-bond donors (Lipinski definition) is 1. The van der Waals surface area contributed by atoms with Crippen LogP contribution in [0.15, 0.2) is 48.7 Å². The molecule has 1 N–H and O–H groups in total. The number of non-ortho nitro benzene ring substituents is 1.